The summed E-state index contributed by atoms with van der Waals surface area (Å²) >= 11 is 0. The molecule has 0 spiro atoms. The molecule has 1 aromatic carbocycles. The number of hydrogen-bond donors (Lipinski definition) is 2. The molecular formula is C17H19FN6O. The first-order valence-corrected chi connectivity index (χ1v) is 7.87. The number of nitrogens with one attached hydrogen (secondary N) is 2. The van der Waals surface area contributed by atoms with Crippen molar-refractivity contribution in [2.75, 3.05) is 11.9 Å². The number of carbonyl (C=O) groups excluding carboxylic acids is 1. The summed E-state index contributed by atoms with van der Waals surface area (Å²) in [4.78, 5) is 15.8. The Morgan fingerprint density at radius 2 is 2.12 bits per heavy atom. The number of imidazole rings is 1. The molecule has 25 heavy (non-hydrogen) atoms. The van der Waals surface area contributed by atoms with Crippen molar-refractivity contribution in [2.45, 2.75) is 20.4 Å². The third-order valence-corrected chi connectivity index (χ3v) is 3.66. The molecule has 0 saturated carbocycles. The van der Waals surface area contributed by atoms with Crippen LogP contribution in [0.3, 0.4) is 0 Å². The van der Waals surface area contributed by atoms with E-state index in [0.717, 1.165) is 11.4 Å². The minimum absolute atomic E-state index is 0.344. The van der Waals surface area contributed by atoms with Crippen molar-refractivity contribution in [3.8, 4) is 5.69 Å². The van der Waals surface area contributed by atoms with Gasteiger partial charge in [0.2, 0.25) is 0 Å². The summed E-state index contributed by atoms with van der Waals surface area (Å²) in [5.74, 6) is -0.456. The topological polar surface area (TPSA) is 76.8 Å². The van der Waals surface area contributed by atoms with Crippen molar-refractivity contribution in [1.82, 2.24) is 24.6 Å². The van der Waals surface area contributed by atoms with Crippen LogP contribution in [0.1, 0.15) is 11.4 Å². The van der Waals surface area contributed by atoms with Gasteiger partial charge in [0.25, 0.3) is 0 Å². The summed E-state index contributed by atoms with van der Waals surface area (Å²) in [5, 5.41) is 9.59. The van der Waals surface area contributed by atoms with Crippen LogP contribution in [-0.2, 0) is 6.54 Å². The Labute approximate surface area is 144 Å². The molecule has 0 unspecified atom stereocenters. The van der Waals surface area contributed by atoms with Gasteiger partial charge in [0.1, 0.15) is 5.69 Å². The lowest BCUT2D eigenvalue weighted by Gasteiger charge is -2.10. The van der Waals surface area contributed by atoms with Crippen LogP contribution in [0.4, 0.5) is 14.9 Å². The fourth-order valence-corrected chi connectivity index (χ4v) is 2.52. The summed E-state index contributed by atoms with van der Waals surface area (Å²) < 4.78 is 17.8. The van der Waals surface area contributed by atoms with E-state index in [4.69, 9.17) is 0 Å². The van der Waals surface area contributed by atoms with Crippen molar-refractivity contribution in [3.63, 3.8) is 0 Å². The van der Waals surface area contributed by atoms with Gasteiger partial charge in [-0.2, -0.15) is 5.10 Å². The van der Waals surface area contributed by atoms with Crippen LogP contribution in [0.2, 0.25) is 0 Å². The lowest BCUT2D eigenvalue weighted by Crippen LogP contribution is -2.31. The zero-order chi connectivity index (χ0) is 17.8. The first-order valence-electron chi connectivity index (χ1n) is 7.87. The number of carbonyl (C=O) groups is 1. The standard InChI is InChI=1S/C17H19FN6O/c1-12-9-13(2)24(22-12)16-4-3-14(10-15(16)18)21-17(25)20-6-8-23-7-5-19-11-23/h3-5,7,9-11H,6,8H2,1-2H3,(H2,20,21,25). The molecule has 0 fully saturated rings. The molecule has 2 N–H and O–H groups in total. The molecule has 0 radical (unpaired) electrons. The van der Waals surface area contributed by atoms with E-state index < -0.39 is 11.8 Å². The molecule has 0 aliphatic heterocycles. The van der Waals surface area contributed by atoms with E-state index in [1.54, 1.807) is 29.3 Å². The van der Waals surface area contributed by atoms with Gasteiger partial charge in [0, 0.05) is 36.9 Å². The Morgan fingerprint density at radius 1 is 1.28 bits per heavy atom. The summed E-state index contributed by atoms with van der Waals surface area (Å²) in [6.07, 6.45) is 5.16. The second-order valence-corrected chi connectivity index (χ2v) is 5.69. The summed E-state index contributed by atoms with van der Waals surface area (Å²) in [6.45, 7) is 4.76. The lowest BCUT2D eigenvalue weighted by atomic mass is 10.2. The van der Waals surface area contributed by atoms with Crippen LogP contribution < -0.4 is 10.6 Å². The van der Waals surface area contributed by atoms with Gasteiger partial charge in [0.15, 0.2) is 5.82 Å². The van der Waals surface area contributed by atoms with E-state index in [9.17, 15) is 9.18 Å². The third kappa shape index (κ3) is 4.03. The molecule has 0 aliphatic carbocycles. The van der Waals surface area contributed by atoms with Gasteiger partial charge in [-0.15, -0.1) is 0 Å². The minimum Gasteiger partial charge on any atom is -0.336 e. The number of aromatic nitrogens is 4. The van der Waals surface area contributed by atoms with Crippen LogP contribution in [0.15, 0.2) is 43.0 Å². The molecule has 0 atom stereocenters. The Kier molecular flexibility index (Phi) is 4.78. The molecule has 0 bridgehead atoms. The smallest absolute Gasteiger partial charge is 0.319 e. The quantitative estimate of drug-likeness (QED) is 0.748. The molecule has 8 heteroatoms. The Balaban J connectivity index is 1.60. The monoisotopic (exact) mass is 342 g/mol. The maximum absolute atomic E-state index is 14.4. The van der Waals surface area contributed by atoms with Crippen LogP contribution in [0.25, 0.3) is 5.69 Å². The first-order chi connectivity index (χ1) is 12.0. The van der Waals surface area contributed by atoms with Crippen molar-refractivity contribution in [3.05, 3.63) is 60.2 Å². The molecule has 3 rings (SSSR count). The first kappa shape index (κ1) is 16.7. The number of aryl methyl sites for hydroxylation is 2. The number of benzene rings is 1. The second kappa shape index (κ2) is 7.16. The van der Waals surface area contributed by atoms with Crippen molar-refractivity contribution in [1.29, 1.82) is 0 Å². The van der Waals surface area contributed by atoms with Crippen molar-refractivity contribution in [2.24, 2.45) is 0 Å². The van der Waals surface area contributed by atoms with Gasteiger partial charge in [-0.25, -0.2) is 18.9 Å². The molecule has 2 aromatic heterocycles. The number of amides is 2. The van der Waals surface area contributed by atoms with E-state index in [1.165, 1.54) is 6.07 Å². The fourth-order valence-electron chi connectivity index (χ4n) is 2.52. The van der Waals surface area contributed by atoms with Gasteiger partial charge in [0.05, 0.1) is 12.0 Å². The maximum Gasteiger partial charge on any atom is 0.319 e. The SMILES string of the molecule is Cc1cc(C)n(-c2ccc(NC(=O)NCCn3ccnc3)cc2F)n1. The lowest BCUT2D eigenvalue weighted by molar-refractivity contribution is 0.251. The molecule has 2 amide bonds. The summed E-state index contributed by atoms with van der Waals surface area (Å²) in [6, 6.07) is 6.00. The highest BCUT2D eigenvalue weighted by Gasteiger charge is 2.11. The van der Waals surface area contributed by atoms with Crippen LogP contribution >= 0.6 is 0 Å². The van der Waals surface area contributed by atoms with Crippen molar-refractivity contribution < 1.29 is 9.18 Å². The van der Waals surface area contributed by atoms with Gasteiger partial charge >= 0.3 is 6.03 Å². The van der Waals surface area contributed by atoms with Gasteiger partial charge in [-0.1, -0.05) is 0 Å². The largest absolute Gasteiger partial charge is 0.336 e. The predicted octanol–water partition coefficient (Wildman–Crippen LogP) is 2.65. The predicted molar refractivity (Wildman–Crippen MR) is 92.2 cm³/mol. The van der Waals surface area contributed by atoms with E-state index in [1.807, 2.05) is 30.7 Å². The average molecular weight is 342 g/mol. The molecule has 2 heterocycles. The Morgan fingerprint density at radius 3 is 2.76 bits per heavy atom. The zero-order valence-electron chi connectivity index (χ0n) is 14.0. The fraction of sp³-hybridized carbons (Fsp3) is 0.235. The van der Waals surface area contributed by atoms with E-state index >= 15 is 0 Å². The van der Waals surface area contributed by atoms with E-state index in [2.05, 4.69) is 20.7 Å². The summed E-state index contributed by atoms with van der Waals surface area (Å²) in [5.41, 5.74) is 2.38. The average Bonchev–Trinajstić information content (AvgIpc) is 3.17. The minimum atomic E-state index is -0.456. The van der Waals surface area contributed by atoms with Crippen molar-refractivity contribution >= 4 is 11.7 Å². The number of urea groups is 1. The van der Waals surface area contributed by atoms with Crippen LogP contribution in [0, 0.1) is 19.7 Å². The number of anilines is 1. The van der Waals surface area contributed by atoms with Crippen LogP contribution in [0.5, 0.6) is 0 Å². The van der Waals surface area contributed by atoms with Crippen LogP contribution in [-0.4, -0.2) is 31.9 Å². The highest BCUT2D eigenvalue weighted by Crippen LogP contribution is 2.19. The van der Waals surface area contributed by atoms with Gasteiger partial charge in [-0.05, 0) is 38.1 Å². The van der Waals surface area contributed by atoms with E-state index in [0.29, 0.717) is 24.5 Å². The Bertz CT molecular complexity index is 871. The highest BCUT2D eigenvalue weighted by atomic mass is 19.1. The maximum atomic E-state index is 14.4. The normalized spacial score (nSPS) is 10.7. The summed E-state index contributed by atoms with van der Waals surface area (Å²) in [7, 11) is 0. The number of nitrogens with zero attached hydrogens (tertiary/aromatic N) is 4. The molecule has 0 aliphatic rings. The van der Waals surface area contributed by atoms with E-state index in [-0.39, 0.29) is 0 Å². The Hall–Kier alpha value is -3.16. The van der Waals surface area contributed by atoms with Gasteiger partial charge < -0.3 is 15.2 Å². The third-order valence-electron chi connectivity index (χ3n) is 3.66. The number of hydrogen-bond acceptors (Lipinski definition) is 3. The zero-order valence-corrected chi connectivity index (χ0v) is 14.0. The molecule has 0 saturated heterocycles. The molecule has 3 aromatic rings. The number of rotatable bonds is 5. The number of halogens is 1. The molecule has 7 nitrogen and oxygen atoms in total. The highest BCUT2D eigenvalue weighted by molar-refractivity contribution is 5.89. The molecule has 130 valence electrons. The second-order valence-electron chi connectivity index (χ2n) is 5.69. The van der Waals surface area contributed by atoms with Gasteiger partial charge in [-0.3, -0.25) is 0 Å². The molecular weight excluding hydrogens is 323 g/mol.